The lowest BCUT2D eigenvalue weighted by Crippen LogP contribution is -2.23. The summed E-state index contributed by atoms with van der Waals surface area (Å²) in [5, 5.41) is 7.27. The molecule has 2 aromatic carbocycles. The van der Waals surface area contributed by atoms with Crippen molar-refractivity contribution in [3.8, 4) is 16.9 Å². The first-order valence-electron chi connectivity index (χ1n) is 16.1. The van der Waals surface area contributed by atoms with Crippen LogP contribution in [0.5, 0.6) is 5.75 Å². The molecule has 10 heteroatoms. The Morgan fingerprint density at radius 3 is 2.66 bits per heavy atom. The predicted octanol–water partition coefficient (Wildman–Crippen LogP) is 7.91. The minimum absolute atomic E-state index is 0.00175. The first-order chi connectivity index (χ1) is 22.8. The summed E-state index contributed by atoms with van der Waals surface area (Å²) in [4.78, 5) is 26.5. The summed E-state index contributed by atoms with van der Waals surface area (Å²) in [7, 11) is 0. The van der Waals surface area contributed by atoms with E-state index in [4.69, 9.17) is 14.2 Å². The van der Waals surface area contributed by atoms with Gasteiger partial charge in [-0.05, 0) is 74.4 Å². The first kappa shape index (κ1) is 30.8. The first-order valence-corrected chi connectivity index (χ1v) is 16.1. The van der Waals surface area contributed by atoms with Crippen LogP contribution in [0.4, 0.5) is 10.1 Å². The molecule has 7 rings (SSSR count). The van der Waals surface area contributed by atoms with Gasteiger partial charge in [0.1, 0.15) is 12.4 Å². The second kappa shape index (κ2) is 13.1. The van der Waals surface area contributed by atoms with Crippen LogP contribution in [0.1, 0.15) is 90.1 Å². The molecule has 47 heavy (non-hydrogen) atoms. The highest BCUT2D eigenvalue weighted by molar-refractivity contribution is 6.11. The Morgan fingerprint density at radius 1 is 1.09 bits per heavy atom. The number of nitrogens with zero attached hydrogens (tertiary/aromatic N) is 3. The largest absolute Gasteiger partial charge is 0.489 e. The Kier molecular flexibility index (Phi) is 8.62. The fourth-order valence-electron chi connectivity index (χ4n) is 5.98. The third-order valence-electron chi connectivity index (χ3n) is 8.74. The molecular weight excluding hydrogens is 599 g/mol. The molecule has 2 aliphatic rings. The highest BCUT2D eigenvalue weighted by Gasteiger charge is 2.27. The van der Waals surface area contributed by atoms with E-state index in [1.165, 1.54) is 13.0 Å². The third kappa shape index (κ3) is 6.70. The number of Topliss-reactive ketones (excluding diaryl/α,β-unsaturated/α-hetero) is 1. The summed E-state index contributed by atoms with van der Waals surface area (Å²) in [5.41, 5.74) is 3.62. The predicted molar refractivity (Wildman–Crippen MR) is 175 cm³/mol. The van der Waals surface area contributed by atoms with Gasteiger partial charge in [0.2, 0.25) is 0 Å². The average Bonchev–Trinajstić information content (AvgIpc) is 3.68. The van der Waals surface area contributed by atoms with E-state index in [-0.39, 0.29) is 23.3 Å². The molecule has 2 unspecified atom stereocenters. The van der Waals surface area contributed by atoms with Crippen molar-refractivity contribution in [1.29, 1.82) is 0 Å². The Bertz CT molecular complexity index is 1920. The minimum Gasteiger partial charge on any atom is -0.489 e. The number of anilines is 1. The molecule has 1 saturated heterocycles. The number of ether oxygens (including phenoxy) is 3. The summed E-state index contributed by atoms with van der Waals surface area (Å²) >= 11 is 0. The molecule has 1 aliphatic heterocycles. The van der Waals surface area contributed by atoms with Gasteiger partial charge in [0, 0.05) is 43.1 Å². The van der Waals surface area contributed by atoms with Crippen molar-refractivity contribution in [2.24, 2.45) is 0 Å². The summed E-state index contributed by atoms with van der Waals surface area (Å²) in [6.07, 6.45) is 9.30. The van der Waals surface area contributed by atoms with Gasteiger partial charge in [0.05, 0.1) is 40.8 Å². The van der Waals surface area contributed by atoms with Crippen LogP contribution >= 0.6 is 0 Å². The molecule has 1 saturated carbocycles. The summed E-state index contributed by atoms with van der Waals surface area (Å²) in [6, 6.07) is 18.4. The zero-order chi connectivity index (χ0) is 32.5. The Labute approximate surface area is 272 Å². The monoisotopic (exact) mass is 636 g/mol. The third-order valence-corrected chi connectivity index (χ3v) is 8.74. The number of hydrogen-bond donors (Lipinski definition) is 1. The molecule has 3 aromatic heterocycles. The van der Waals surface area contributed by atoms with E-state index < -0.39 is 17.8 Å². The number of benzene rings is 2. The van der Waals surface area contributed by atoms with Crippen molar-refractivity contribution in [1.82, 2.24) is 14.2 Å². The number of amides is 1. The van der Waals surface area contributed by atoms with E-state index in [0.29, 0.717) is 52.9 Å². The fraction of sp³-hybridized carbons (Fsp3) is 0.324. The van der Waals surface area contributed by atoms with E-state index in [2.05, 4.69) is 10.4 Å². The molecule has 2 fully saturated rings. The van der Waals surface area contributed by atoms with Gasteiger partial charge >= 0.3 is 0 Å². The van der Waals surface area contributed by atoms with E-state index >= 15 is 4.39 Å². The van der Waals surface area contributed by atoms with Crippen LogP contribution in [-0.2, 0) is 16.1 Å². The SMILES string of the molecule is CC(=O)c1cc(C(=O)Nc2cc(C(C)OC3CCCCO3)cc(-c3cnn(C4CC4)c3)c2F)c2cc(OCc3ccccc3)ccn12. The van der Waals surface area contributed by atoms with Crippen LogP contribution in [0.25, 0.3) is 16.6 Å². The lowest BCUT2D eigenvalue weighted by Gasteiger charge is -2.26. The average molecular weight is 637 g/mol. The number of halogens is 1. The summed E-state index contributed by atoms with van der Waals surface area (Å²) in [5.74, 6) is -0.825. The van der Waals surface area contributed by atoms with Gasteiger partial charge in [0.15, 0.2) is 17.9 Å². The lowest BCUT2D eigenvalue weighted by atomic mass is 10.0. The van der Waals surface area contributed by atoms with Crippen LogP contribution in [0, 0.1) is 5.82 Å². The maximum Gasteiger partial charge on any atom is 0.257 e. The van der Waals surface area contributed by atoms with Gasteiger partial charge in [-0.25, -0.2) is 4.39 Å². The molecule has 4 heterocycles. The molecule has 9 nitrogen and oxygen atoms in total. The van der Waals surface area contributed by atoms with Gasteiger partial charge in [-0.1, -0.05) is 30.3 Å². The van der Waals surface area contributed by atoms with Crippen molar-refractivity contribution in [3.05, 3.63) is 107 Å². The smallest absolute Gasteiger partial charge is 0.257 e. The second-order valence-electron chi connectivity index (χ2n) is 12.3. The molecule has 1 N–H and O–H groups in total. The van der Waals surface area contributed by atoms with Gasteiger partial charge in [0.25, 0.3) is 5.91 Å². The zero-order valence-corrected chi connectivity index (χ0v) is 26.4. The highest BCUT2D eigenvalue weighted by Crippen LogP contribution is 2.38. The maximum absolute atomic E-state index is 16.3. The Balaban J connectivity index is 1.22. The number of pyridine rings is 1. The molecular formula is C37H37FN4O5. The van der Waals surface area contributed by atoms with Crippen LogP contribution in [0.15, 0.2) is 79.3 Å². The molecule has 0 spiro atoms. The quantitative estimate of drug-likeness (QED) is 0.148. The van der Waals surface area contributed by atoms with Gasteiger partial charge < -0.3 is 23.9 Å². The van der Waals surface area contributed by atoms with Crippen molar-refractivity contribution in [2.75, 3.05) is 11.9 Å². The van der Waals surface area contributed by atoms with Crippen molar-refractivity contribution in [3.63, 3.8) is 0 Å². The van der Waals surface area contributed by atoms with Crippen molar-refractivity contribution in [2.45, 2.75) is 71.0 Å². The van der Waals surface area contributed by atoms with Crippen molar-refractivity contribution >= 4 is 22.9 Å². The molecule has 2 atom stereocenters. The van der Waals surface area contributed by atoms with Gasteiger partial charge in [-0.15, -0.1) is 0 Å². The second-order valence-corrected chi connectivity index (χ2v) is 12.3. The fourth-order valence-corrected chi connectivity index (χ4v) is 5.98. The number of fused-ring (bicyclic) bond motifs is 1. The summed E-state index contributed by atoms with van der Waals surface area (Å²) < 4.78 is 37.9. The van der Waals surface area contributed by atoms with Crippen LogP contribution in [0.2, 0.25) is 0 Å². The number of carbonyl (C=O) groups excluding carboxylic acids is 2. The number of carbonyl (C=O) groups is 2. The standard InChI is InChI=1S/C37H37FN4O5/c1-23(43)33-19-31(34-18-29(13-14-41(33)34)46-22-25-8-4-3-5-9-25)37(44)40-32-17-26(24(2)47-35-10-6-7-15-45-35)16-30(36(32)38)27-20-39-42(21-27)28-11-12-28/h3-5,8-9,13-14,16-21,24,28,35H,6-7,10-12,15,22H2,1-2H3,(H,40,44). The van der Waals surface area contributed by atoms with Gasteiger partial charge in [-0.2, -0.15) is 5.10 Å². The molecule has 5 aromatic rings. The number of hydrogen-bond acceptors (Lipinski definition) is 6. The summed E-state index contributed by atoms with van der Waals surface area (Å²) in [6.45, 7) is 4.31. The van der Waals surface area contributed by atoms with Crippen LogP contribution in [-0.4, -0.2) is 38.8 Å². The normalized spacial score (nSPS) is 17.0. The van der Waals surface area contributed by atoms with Gasteiger partial charge in [-0.3, -0.25) is 14.3 Å². The number of nitrogens with one attached hydrogen (secondary N) is 1. The van der Waals surface area contributed by atoms with Crippen LogP contribution in [0.3, 0.4) is 0 Å². The van der Waals surface area contributed by atoms with E-state index in [9.17, 15) is 9.59 Å². The van der Waals surface area contributed by atoms with E-state index in [1.807, 2.05) is 48.1 Å². The lowest BCUT2D eigenvalue weighted by molar-refractivity contribution is -0.186. The molecule has 0 radical (unpaired) electrons. The maximum atomic E-state index is 16.3. The minimum atomic E-state index is -0.583. The van der Waals surface area contributed by atoms with E-state index in [1.54, 1.807) is 41.1 Å². The number of rotatable bonds is 11. The number of aromatic nitrogens is 3. The Morgan fingerprint density at radius 2 is 1.91 bits per heavy atom. The number of ketones is 1. The topological polar surface area (TPSA) is 96.1 Å². The molecule has 1 amide bonds. The molecule has 242 valence electrons. The Hall–Kier alpha value is -4.80. The molecule has 1 aliphatic carbocycles. The highest BCUT2D eigenvalue weighted by atomic mass is 19.1. The molecule has 0 bridgehead atoms. The van der Waals surface area contributed by atoms with Crippen molar-refractivity contribution < 1.29 is 28.2 Å². The zero-order valence-electron chi connectivity index (χ0n) is 26.4. The van der Waals surface area contributed by atoms with Crippen LogP contribution < -0.4 is 10.1 Å². The van der Waals surface area contributed by atoms with E-state index in [0.717, 1.165) is 37.7 Å².